The first-order valence-corrected chi connectivity index (χ1v) is 6.80. The summed E-state index contributed by atoms with van der Waals surface area (Å²) < 4.78 is 0.546. The summed E-state index contributed by atoms with van der Waals surface area (Å²) >= 11 is 0. The number of carbonyl (C=O) groups is 1. The highest BCUT2D eigenvalue weighted by atomic mass is 16.4. The van der Waals surface area contributed by atoms with Crippen LogP contribution in [0.4, 0.5) is 0 Å². The highest BCUT2D eigenvalue weighted by Crippen LogP contribution is 2.26. The molecule has 1 N–H and O–H groups in total. The van der Waals surface area contributed by atoms with Crippen LogP contribution in [0.2, 0.25) is 0 Å². The molecule has 18 heavy (non-hydrogen) atoms. The summed E-state index contributed by atoms with van der Waals surface area (Å²) in [5, 5.41) is 21.4. The Morgan fingerprint density at radius 3 is 2.33 bits per heavy atom. The number of hydrogen-bond donors (Lipinski definition) is 1. The number of aliphatic hydroxyl groups is 1. The van der Waals surface area contributed by atoms with Gasteiger partial charge < -0.3 is 19.5 Å². The summed E-state index contributed by atoms with van der Waals surface area (Å²) in [6, 6.07) is 0. The Bertz CT molecular complexity index is 260. The van der Waals surface area contributed by atoms with Gasteiger partial charge in [-0.15, -0.1) is 0 Å². The van der Waals surface area contributed by atoms with Crippen molar-refractivity contribution in [1.29, 1.82) is 0 Å². The number of rotatable bonds is 9. The fraction of sp³-hybridized carbons (Fsp3) is 0.929. The van der Waals surface area contributed by atoms with E-state index in [0.29, 0.717) is 23.4 Å². The normalized spacial score (nSPS) is 17.2. The predicted molar refractivity (Wildman–Crippen MR) is 70.8 cm³/mol. The molecule has 1 unspecified atom stereocenters. The van der Waals surface area contributed by atoms with Gasteiger partial charge in [-0.05, 0) is 12.3 Å². The molecule has 4 heteroatoms. The lowest BCUT2D eigenvalue weighted by molar-refractivity contribution is -0.877. The molecule has 0 heterocycles. The topological polar surface area (TPSA) is 60.4 Å². The lowest BCUT2D eigenvalue weighted by Crippen LogP contribution is -2.52. The van der Waals surface area contributed by atoms with E-state index >= 15 is 0 Å². The molecule has 0 aliphatic carbocycles. The van der Waals surface area contributed by atoms with Gasteiger partial charge in [0, 0.05) is 12.4 Å². The molecule has 108 valence electrons. The van der Waals surface area contributed by atoms with Crippen LogP contribution in [0.1, 0.15) is 46.0 Å². The van der Waals surface area contributed by atoms with Crippen LogP contribution in [-0.2, 0) is 4.79 Å². The zero-order chi connectivity index (χ0) is 14.4. The summed E-state index contributed by atoms with van der Waals surface area (Å²) in [6.45, 7) is 4.63. The van der Waals surface area contributed by atoms with Gasteiger partial charge in [-0.1, -0.05) is 33.1 Å². The third kappa shape index (κ3) is 8.48. The Morgan fingerprint density at radius 2 is 1.94 bits per heavy atom. The van der Waals surface area contributed by atoms with E-state index in [1.807, 2.05) is 21.1 Å². The van der Waals surface area contributed by atoms with Crippen molar-refractivity contribution in [3.63, 3.8) is 0 Å². The Hall–Kier alpha value is -0.610. The second-order valence-electron chi connectivity index (χ2n) is 6.67. The monoisotopic (exact) mass is 259 g/mol. The zero-order valence-corrected chi connectivity index (χ0v) is 12.5. The summed E-state index contributed by atoms with van der Waals surface area (Å²) in [5.74, 6) is -0.838. The van der Waals surface area contributed by atoms with E-state index in [-0.39, 0.29) is 6.42 Å². The van der Waals surface area contributed by atoms with Crippen LogP contribution in [0, 0.1) is 5.92 Å². The average Bonchev–Trinajstić information content (AvgIpc) is 2.08. The third-order valence-electron chi connectivity index (χ3n) is 3.02. The van der Waals surface area contributed by atoms with E-state index in [0.717, 1.165) is 19.3 Å². The largest absolute Gasteiger partial charge is 0.550 e. The van der Waals surface area contributed by atoms with Crippen LogP contribution in [-0.4, -0.2) is 48.8 Å². The van der Waals surface area contributed by atoms with Crippen molar-refractivity contribution in [2.75, 3.05) is 27.7 Å². The molecule has 0 aromatic carbocycles. The van der Waals surface area contributed by atoms with Crippen LogP contribution >= 0.6 is 0 Å². The van der Waals surface area contributed by atoms with Crippen LogP contribution in [0.3, 0.4) is 0 Å². The summed E-state index contributed by atoms with van der Waals surface area (Å²) in [7, 11) is 5.87. The van der Waals surface area contributed by atoms with Crippen molar-refractivity contribution in [3.8, 4) is 0 Å². The SMILES string of the molecule is CCCCC(C)C[C@@](O)(CC(=O)[O-])C[N+](C)(C)C. The summed E-state index contributed by atoms with van der Waals surface area (Å²) in [5.41, 5.74) is -1.16. The fourth-order valence-corrected chi connectivity index (χ4v) is 2.65. The maximum atomic E-state index is 10.8. The molecule has 0 saturated heterocycles. The molecule has 2 atom stereocenters. The van der Waals surface area contributed by atoms with Gasteiger partial charge in [0.05, 0.1) is 21.1 Å². The minimum absolute atomic E-state index is 0.279. The number of quaternary nitrogens is 1. The number of nitrogens with zero attached hydrogens (tertiary/aromatic N) is 1. The van der Waals surface area contributed by atoms with Gasteiger partial charge in [0.25, 0.3) is 0 Å². The smallest absolute Gasteiger partial charge is 0.119 e. The molecule has 0 rings (SSSR count). The maximum Gasteiger partial charge on any atom is 0.119 e. The number of aliphatic carboxylic acids is 1. The Morgan fingerprint density at radius 1 is 1.39 bits per heavy atom. The van der Waals surface area contributed by atoms with E-state index in [9.17, 15) is 15.0 Å². The molecule has 0 radical (unpaired) electrons. The Kier molecular flexibility index (Phi) is 6.86. The molecule has 0 aromatic heterocycles. The molecular weight excluding hydrogens is 230 g/mol. The number of carboxylic acids is 1. The van der Waals surface area contributed by atoms with Crippen molar-refractivity contribution in [2.45, 2.75) is 51.6 Å². The third-order valence-corrected chi connectivity index (χ3v) is 3.02. The predicted octanol–water partition coefficient (Wildman–Crippen LogP) is 0.780. The van der Waals surface area contributed by atoms with E-state index in [1.54, 1.807) is 0 Å². The number of likely N-dealkylation sites (N-methyl/N-ethyl adjacent to an activating group) is 1. The van der Waals surface area contributed by atoms with Gasteiger partial charge in [0.2, 0.25) is 0 Å². The van der Waals surface area contributed by atoms with Gasteiger partial charge in [0.1, 0.15) is 12.1 Å². The van der Waals surface area contributed by atoms with E-state index in [2.05, 4.69) is 13.8 Å². The molecule has 0 aromatic rings. The quantitative estimate of drug-likeness (QED) is 0.623. The van der Waals surface area contributed by atoms with E-state index < -0.39 is 11.6 Å². The molecular formula is C14H29NO3. The number of unbranched alkanes of at least 4 members (excludes halogenated alkanes) is 1. The first kappa shape index (κ1) is 17.4. The van der Waals surface area contributed by atoms with Crippen molar-refractivity contribution >= 4 is 5.97 Å². The lowest BCUT2D eigenvalue weighted by Gasteiger charge is -2.37. The molecule has 0 aliphatic rings. The van der Waals surface area contributed by atoms with Crippen molar-refractivity contribution in [2.24, 2.45) is 5.92 Å². The van der Waals surface area contributed by atoms with Crippen molar-refractivity contribution < 1.29 is 19.5 Å². The first-order chi connectivity index (χ1) is 8.08. The second kappa shape index (κ2) is 7.10. The van der Waals surface area contributed by atoms with Crippen LogP contribution in [0.25, 0.3) is 0 Å². The molecule has 0 amide bonds. The minimum atomic E-state index is -1.17. The number of carbonyl (C=O) groups excluding carboxylic acids is 1. The summed E-state index contributed by atoms with van der Waals surface area (Å²) in [6.07, 6.45) is 3.52. The molecule has 0 aliphatic heterocycles. The van der Waals surface area contributed by atoms with E-state index in [4.69, 9.17) is 0 Å². The van der Waals surface area contributed by atoms with Crippen molar-refractivity contribution in [1.82, 2.24) is 0 Å². The molecule has 0 fully saturated rings. The molecule has 0 spiro atoms. The highest BCUT2D eigenvalue weighted by molar-refractivity contribution is 5.65. The molecule has 4 nitrogen and oxygen atoms in total. The lowest BCUT2D eigenvalue weighted by atomic mass is 9.85. The molecule has 0 bridgehead atoms. The fourth-order valence-electron chi connectivity index (χ4n) is 2.65. The average molecular weight is 259 g/mol. The van der Waals surface area contributed by atoms with Gasteiger partial charge in [-0.3, -0.25) is 0 Å². The Labute approximate surface area is 111 Å². The maximum absolute atomic E-state index is 10.8. The van der Waals surface area contributed by atoms with Crippen molar-refractivity contribution in [3.05, 3.63) is 0 Å². The Balaban J connectivity index is 4.60. The number of hydrogen-bond acceptors (Lipinski definition) is 3. The molecule has 0 saturated carbocycles. The van der Waals surface area contributed by atoms with Gasteiger partial charge in [-0.2, -0.15) is 0 Å². The highest BCUT2D eigenvalue weighted by Gasteiger charge is 2.35. The zero-order valence-electron chi connectivity index (χ0n) is 12.5. The van der Waals surface area contributed by atoms with Crippen LogP contribution in [0.5, 0.6) is 0 Å². The summed E-state index contributed by atoms with van der Waals surface area (Å²) in [4.78, 5) is 10.8. The van der Waals surface area contributed by atoms with Gasteiger partial charge in [-0.25, -0.2) is 0 Å². The minimum Gasteiger partial charge on any atom is -0.550 e. The van der Waals surface area contributed by atoms with Crippen LogP contribution in [0.15, 0.2) is 0 Å². The standard InChI is InChI=1S/C14H29NO3/c1-6-7-8-12(2)9-14(18,10-13(16)17)11-15(3,4)5/h12,18H,6-11H2,1-5H3/t12?,14-/m1/s1. The van der Waals surface area contributed by atoms with Gasteiger partial charge in [0.15, 0.2) is 0 Å². The van der Waals surface area contributed by atoms with Crippen LogP contribution < -0.4 is 5.11 Å². The van der Waals surface area contributed by atoms with E-state index in [1.165, 1.54) is 0 Å². The first-order valence-electron chi connectivity index (χ1n) is 6.80. The number of carboxylic acid groups (broad SMARTS) is 1. The van der Waals surface area contributed by atoms with Gasteiger partial charge >= 0.3 is 0 Å². The second-order valence-corrected chi connectivity index (χ2v) is 6.67.